The number of benzene rings is 1. The van der Waals surface area contributed by atoms with E-state index in [9.17, 15) is 0 Å². The first-order valence-electron chi connectivity index (χ1n) is 5.06. The summed E-state index contributed by atoms with van der Waals surface area (Å²) in [5, 5.41) is 6.94. The predicted molar refractivity (Wildman–Crippen MR) is 60.2 cm³/mol. The van der Waals surface area contributed by atoms with E-state index in [2.05, 4.69) is 10.5 Å². The third-order valence-electron chi connectivity index (χ3n) is 2.41. The topological polar surface area (TPSA) is 38.2 Å². The van der Waals surface area contributed by atoms with Gasteiger partial charge in [0.2, 0.25) is 0 Å². The van der Waals surface area contributed by atoms with Gasteiger partial charge in [-0.3, -0.25) is 0 Å². The Morgan fingerprint density at radius 2 is 2.20 bits per heavy atom. The number of hydrogen-bond donors (Lipinski definition) is 1. The first kappa shape index (κ1) is 10.5. The second kappa shape index (κ2) is 4.64. The molecule has 0 unspecified atom stereocenters. The fourth-order valence-electron chi connectivity index (χ4n) is 1.63. The number of rotatable bonds is 3. The van der Waals surface area contributed by atoms with Gasteiger partial charge in [-0.2, -0.15) is 0 Å². The van der Waals surface area contributed by atoms with Gasteiger partial charge in [-0.1, -0.05) is 28.9 Å². The van der Waals surface area contributed by atoms with Crippen LogP contribution < -0.4 is 5.32 Å². The summed E-state index contributed by atoms with van der Waals surface area (Å²) in [6.07, 6.45) is 1.09. The number of oxime groups is 1. The normalized spacial score (nSPS) is 19.9. The Morgan fingerprint density at radius 1 is 1.47 bits per heavy atom. The van der Waals surface area contributed by atoms with E-state index < -0.39 is 0 Å². The van der Waals surface area contributed by atoms with Crippen LogP contribution in [0.5, 0.6) is 0 Å². The molecule has 3 nitrogen and oxygen atoms in total. The van der Waals surface area contributed by atoms with Crippen molar-refractivity contribution in [2.45, 2.75) is 12.5 Å². The Bertz CT molecular complexity index is 361. The molecule has 0 saturated carbocycles. The zero-order valence-corrected chi connectivity index (χ0v) is 9.37. The fraction of sp³-hybridized carbons (Fsp3) is 0.364. The Balaban J connectivity index is 2.04. The van der Waals surface area contributed by atoms with Gasteiger partial charge in [0.05, 0.1) is 12.8 Å². The molecule has 15 heavy (non-hydrogen) atoms. The Kier molecular flexibility index (Phi) is 3.23. The first-order valence-corrected chi connectivity index (χ1v) is 5.44. The van der Waals surface area contributed by atoms with E-state index in [4.69, 9.17) is 16.4 Å². The molecule has 1 aliphatic rings. The molecule has 0 radical (unpaired) electrons. The number of halogens is 1. The van der Waals surface area contributed by atoms with E-state index in [-0.39, 0.29) is 6.10 Å². The molecular formula is C11H14ClN2O+. The summed E-state index contributed by atoms with van der Waals surface area (Å²) in [6, 6.07) is 7.70. The molecule has 0 spiro atoms. The van der Waals surface area contributed by atoms with Gasteiger partial charge in [0.1, 0.15) is 6.54 Å². The molecule has 1 aromatic rings. The van der Waals surface area contributed by atoms with E-state index in [1.54, 1.807) is 0 Å². The molecule has 0 bridgehead atoms. The van der Waals surface area contributed by atoms with Gasteiger partial charge in [-0.05, 0) is 17.7 Å². The molecule has 2 N–H and O–H groups in total. The molecule has 2 rings (SSSR count). The Hall–Kier alpha value is -1.06. The molecule has 4 heteroatoms. The maximum absolute atomic E-state index is 5.82. The van der Waals surface area contributed by atoms with Crippen molar-refractivity contribution in [3.05, 3.63) is 34.9 Å². The highest BCUT2D eigenvalue weighted by Crippen LogP contribution is 2.17. The largest absolute Gasteiger partial charge is 0.386 e. The summed E-state index contributed by atoms with van der Waals surface area (Å²) >= 11 is 5.82. The summed E-state index contributed by atoms with van der Waals surface area (Å²) < 4.78 is 0. The van der Waals surface area contributed by atoms with Gasteiger partial charge in [0, 0.05) is 11.4 Å². The quantitative estimate of drug-likeness (QED) is 0.820. The van der Waals surface area contributed by atoms with Gasteiger partial charge < -0.3 is 10.2 Å². The summed E-state index contributed by atoms with van der Waals surface area (Å²) in [5.41, 5.74) is 2.11. The summed E-state index contributed by atoms with van der Waals surface area (Å²) in [7, 11) is 2.03. The van der Waals surface area contributed by atoms with E-state index in [1.807, 2.05) is 31.3 Å². The molecule has 1 aromatic carbocycles. The fourth-order valence-corrected chi connectivity index (χ4v) is 1.76. The number of nitrogens with two attached hydrogens (primary N) is 1. The van der Waals surface area contributed by atoms with Crippen molar-refractivity contribution in [1.82, 2.24) is 0 Å². The van der Waals surface area contributed by atoms with Crippen molar-refractivity contribution in [2.75, 3.05) is 13.6 Å². The molecule has 0 amide bonds. The minimum atomic E-state index is 0.209. The van der Waals surface area contributed by atoms with Crippen molar-refractivity contribution >= 4 is 17.3 Å². The van der Waals surface area contributed by atoms with Crippen LogP contribution in [0.3, 0.4) is 0 Å². The van der Waals surface area contributed by atoms with E-state index >= 15 is 0 Å². The molecule has 0 saturated heterocycles. The molecule has 1 heterocycles. The third-order valence-corrected chi connectivity index (χ3v) is 2.66. The van der Waals surface area contributed by atoms with Crippen LogP contribution in [0.25, 0.3) is 0 Å². The molecular weight excluding hydrogens is 212 g/mol. The number of quaternary nitrogens is 1. The maximum atomic E-state index is 5.82. The van der Waals surface area contributed by atoms with E-state index in [1.165, 1.54) is 0 Å². The zero-order valence-electron chi connectivity index (χ0n) is 8.61. The number of likely N-dealkylation sites (N-methyl/N-ethyl adjacent to an activating group) is 1. The second-order valence-electron chi connectivity index (χ2n) is 3.62. The van der Waals surface area contributed by atoms with Crippen molar-refractivity contribution in [3.63, 3.8) is 0 Å². The smallest absolute Gasteiger partial charge is 0.181 e. The summed E-state index contributed by atoms with van der Waals surface area (Å²) in [4.78, 5) is 5.31. The molecule has 1 atom stereocenters. The van der Waals surface area contributed by atoms with Gasteiger partial charge in [-0.15, -0.1) is 0 Å². The Labute approximate surface area is 94.1 Å². The molecule has 1 aliphatic heterocycles. The van der Waals surface area contributed by atoms with Crippen LogP contribution in [0.2, 0.25) is 5.02 Å². The van der Waals surface area contributed by atoms with Crippen LogP contribution in [0, 0.1) is 0 Å². The second-order valence-corrected chi connectivity index (χ2v) is 4.06. The van der Waals surface area contributed by atoms with Crippen molar-refractivity contribution < 1.29 is 10.2 Å². The SMILES string of the molecule is C[NH2+]C[C@@H]1CC(c2ccc(Cl)cc2)=NO1. The molecule has 0 aromatic heterocycles. The van der Waals surface area contributed by atoms with Crippen LogP contribution in [0.1, 0.15) is 12.0 Å². The monoisotopic (exact) mass is 225 g/mol. The van der Waals surface area contributed by atoms with Gasteiger partial charge in [-0.25, -0.2) is 0 Å². The van der Waals surface area contributed by atoms with Gasteiger partial charge in [0.25, 0.3) is 0 Å². The number of nitrogens with zero attached hydrogens (tertiary/aromatic N) is 1. The average Bonchev–Trinajstić information content (AvgIpc) is 2.68. The highest BCUT2D eigenvalue weighted by Gasteiger charge is 2.22. The minimum Gasteiger partial charge on any atom is -0.386 e. The van der Waals surface area contributed by atoms with E-state index in [0.29, 0.717) is 0 Å². The van der Waals surface area contributed by atoms with Crippen LogP contribution in [-0.2, 0) is 4.84 Å². The minimum absolute atomic E-state index is 0.209. The third kappa shape index (κ3) is 2.49. The van der Waals surface area contributed by atoms with E-state index in [0.717, 1.165) is 29.3 Å². The van der Waals surface area contributed by atoms with Crippen LogP contribution >= 0.6 is 11.6 Å². The highest BCUT2D eigenvalue weighted by molar-refractivity contribution is 6.30. The summed E-state index contributed by atoms with van der Waals surface area (Å²) in [5.74, 6) is 0. The van der Waals surface area contributed by atoms with Crippen LogP contribution in [0.15, 0.2) is 29.4 Å². The lowest BCUT2D eigenvalue weighted by atomic mass is 10.1. The lowest BCUT2D eigenvalue weighted by Crippen LogP contribution is -2.82. The maximum Gasteiger partial charge on any atom is 0.181 e. The summed E-state index contributed by atoms with van der Waals surface area (Å²) in [6.45, 7) is 0.945. The molecule has 0 aliphatic carbocycles. The van der Waals surface area contributed by atoms with Crippen molar-refractivity contribution in [3.8, 4) is 0 Å². The highest BCUT2D eigenvalue weighted by atomic mass is 35.5. The van der Waals surface area contributed by atoms with Gasteiger partial charge in [0.15, 0.2) is 6.10 Å². The number of hydrogen-bond acceptors (Lipinski definition) is 2. The van der Waals surface area contributed by atoms with Crippen LogP contribution in [-0.4, -0.2) is 25.4 Å². The lowest BCUT2D eigenvalue weighted by molar-refractivity contribution is -0.633. The zero-order chi connectivity index (χ0) is 10.7. The van der Waals surface area contributed by atoms with Crippen molar-refractivity contribution in [1.29, 1.82) is 0 Å². The molecule has 80 valence electrons. The van der Waals surface area contributed by atoms with Gasteiger partial charge >= 0.3 is 0 Å². The van der Waals surface area contributed by atoms with Crippen molar-refractivity contribution in [2.24, 2.45) is 5.16 Å². The lowest BCUT2D eigenvalue weighted by Gasteiger charge is -2.03. The first-order chi connectivity index (χ1) is 7.29. The Morgan fingerprint density at radius 3 is 2.87 bits per heavy atom. The van der Waals surface area contributed by atoms with Crippen LogP contribution in [0.4, 0.5) is 0 Å². The predicted octanol–water partition coefficient (Wildman–Crippen LogP) is 1.03. The standard InChI is InChI=1S/C11H13ClN2O/c1-13-7-10-6-11(14-15-10)8-2-4-9(12)5-3-8/h2-5,10,13H,6-7H2,1H3/p+1/t10-/m0/s1. The average molecular weight is 226 g/mol. The molecule has 0 fully saturated rings.